The van der Waals surface area contributed by atoms with Gasteiger partial charge in [0.05, 0.1) is 18.8 Å². The molecule has 1 amide bonds. The molecule has 0 heterocycles. The number of unbranched alkanes of at least 4 members (excludes halogenated alkanes) is 29. The van der Waals surface area contributed by atoms with Crippen molar-refractivity contribution in [3.63, 3.8) is 0 Å². The first-order valence-electron chi connectivity index (χ1n) is 28.9. The lowest BCUT2D eigenvalue weighted by atomic mass is 10.0. The molecule has 0 spiro atoms. The molecule has 0 aliphatic heterocycles. The average Bonchev–Trinajstić information content (AvgIpc) is 3.33. The Hall–Kier alpha value is -2.69. The van der Waals surface area contributed by atoms with Crippen LogP contribution in [0.4, 0.5) is 0 Å². The van der Waals surface area contributed by atoms with Crippen molar-refractivity contribution in [2.24, 2.45) is 0 Å². The molecule has 0 aromatic carbocycles. The van der Waals surface area contributed by atoms with Crippen LogP contribution in [0.5, 0.6) is 0 Å². The highest BCUT2D eigenvalue weighted by molar-refractivity contribution is 5.76. The van der Waals surface area contributed by atoms with Gasteiger partial charge in [0, 0.05) is 6.42 Å². The van der Waals surface area contributed by atoms with Crippen molar-refractivity contribution in [2.45, 2.75) is 289 Å². The third kappa shape index (κ3) is 54.1. The molecule has 2 unspecified atom stereocenters. The number of amides is 1. The number of aliphatic hydroxyl groups excluding tert-OH is 2. The highest BCUT2D eigenvalue weighted by Gasteiger charge is 2.20. The summed E-state index contributed by atoms with van der Waals surface area (Å²) in [6.45, 7) is 4.25. The average molecular weight is 931 g/mol. The summed E-state index contributed by atoms with van der Waals surface area (Å²) in [4.78, 5) is 12.5. The predicted octanol–water partition coefficient (Wildman–Crippen LogP) is 19.3. The van der Waals surface area contributed by atoms with Crippen molar-refractivity contribution < 1.29 is 15.0 Å². The third-order valence-electron chi connectivity index (χ3n) is 12.9. The van der Waals surface area contributed by atoms with Gasteiger partial charge >= 0.3 is 0 Å². The summed E-state index contributed by atoms with van der Waals surface area (Å²) in [7, 11) is 0. The molecule has 0 saturated carbocycles. The van der Waals surface area contributed by atoms with E-state index in [4.69, 9.17) is 0 Å². The first kappa shape index (κ1) is 64.3. The van der Waals surface area contributed by atoms with Gasteiger partial charge in [-0.15, -0.1) is 0 Å². The van der Waals surface area contributed by atoms with Crippen molar-refractivity contribution in [3.05, 3.63) is 97.2 Å². The van der Waals surface area contributed by atoms with Crippen LogP contribution in [0.3, 0.4) is 0 Å². The Morgan fingerprint density at radius 1 is 0.373 bits per heavy atom. The van der Waals surface area contributed by atoms with Crippen LogP contribution in [0.15, 0.2) is 97.2 Å². The van der Waals surface area contributed by atoms with Crippen LogP contribution in [0.2, 0.25) is 0 Å². The zero-order valence-corrected chi connectivity index (χ0v) is 44.4. The maximum atomic E-state index is 12.5. The fraction of sp³-hybridized carbons (Fsp3) is 0.730. The van der Waals surface area contributed by atoms with E-state index in [1.807, 2.05) is 0 Å². The first-order valence-corrected chi connectivity index (χ1v) is 28.9. The van der Waals surface area contributed by atoms with Crippen LogP contribution >= 0.6 is 0 Å². The van der Waals surface area contributed by atoms with Gasteiger partial charge in [-0.1, -0.05) is 291 Å². The van der Waals surface area contributed by atoms with Crippen molar-refractivity contribution in [3.8, 4) is 0 Å². The van der Waals surface area contributed by atoms with E-state index in [1.54, 1.807) is 0 Å². The van der Waals surface area contributed by atoms with Gasteiger partial charge in [-0.05, 0) is 77.0 Å². The summed E-state index contributed by atoms with van der Waals surface area (Å²) in [6, 6.07) is -0.553. The quantitative estimate of drug-likeness (QED) is 0.0420. The molecule has 0 rings (SSSR count). The van der Waals surface area contributed by atoms with E-state index in [9.17, 15) is 15.0 Å². The molecule has 0 aliphatic rings. The number of nitrogens with one attached hydrogen (secondary N) is 1. The van der Waals surface area contributed by atoms with Crippen molar-refractivity contribution >= 4 is 5.91 Å². The molecule has 0 saturated heterocycles. The topological polar surface area (TPSA) is 69.6 Å². The minimum atomic E-state index is -0.674. The van der Waals surface area contributed by atoms with Crippen LogP contribution in [0.1, 0.15) is 277 Å². The van der Waals surface area contributed by atoms with E-state index in [0.29, 0.717) is 12.8 Å². The van der Waals surface area contributed by atoms with E-state index < -0.39 is 12.1 Å². The van der Waals surface area contributed by atoms with Gasteiger partial charge in [-0.3, -0.25) is 4.79 Å². The van der Waals surface area contributed by atoms with Gasteiger partial charge < -0.3 is 15.5 Å². The molecular weight excluding hydrogens is 819 g/mol. The van der Waals surface area contributed by atoms with Gasteiger partial charge in [-0.25, -0.2) is 0 Å². The van der Waals surface area contributed by atoms with Crippen LogP contribution in [-0.2, 0) is 4.79 Å². The number of hydrogen-bond acceptors (Lipinski definition) is 3. The molecule has 67 heavy (non-hydrogen) atoms. The predicted molar refractivity (Wildman–Crippen MR) is 299 cm³/mol. The lowest BCUT2D eigenvalue weighted by Gasteiger charge is -2.22. The van der Waals surface area contributed by atoms with E-state index in [1.165, 1.54) is 161 Å². The lowest BCUT2D eigenvalue weighted by molar-refractivity contribution is -0.123. The van der Waals surface area contributed by atoms with E-state index in [-0.39, 0.29) is 12.5 Å². The number of carbonyl (C=O) groups excluding carboxylic acids is 1. The molecule has 4 heteroatoms. The molecule has 0 bridgehead atoms. The molecular formula is C63H111NO3. The monoisotopic (exact) mass is 930 g/mol. The number of rotatable bonds is 52. The number of carbonyl (C=O) groups is 1. The molecule has 2 atom stereocenters. The summed E-state index contributed by atoms with van der Waals surface area (Å²) in [5.41, 5.74) is 0. The van der Waals surface area contributed by atoms with Crippen molar-refractivity contribution in [1.82, 2.24) is 5.32 Å². The first-order chi connectivity index (χ1) is 33.2. The van der Waals surface area contributed by atoms with Gasteiger partial charge in [0.25, 0.3) is 0 Å². The Labute approximate surface area is 417 Å². The van der Waals surface area contributed by atoms with Gasteiger partial charge in [0.1, 0.15) is 0 Å². The molecule has 0 aromatic rings. The Morgan fingerprint density at radius 3 is 0.985 bits per heavy atom. The molecule has 0 aliphatic carbocycles. The van der Waals surface area contributed by atoms with Crippen LogP contribution in [0.25, 0.3) is 0 Å². The van der Waals surface area contributed by atoms with Crippen molar-refractivity contribution in [1.29, 1.82) is 0 Å². The molecule has 3 N–H and O–H groups in total. The van der Waals surface area contributed by atoms with Gasteiger partial charge in [0.2, 0.25) is 5.91 Å². The van der Waals surface area contributed by atoms with E-state index >= 15 is 0 Å². The lowest BCUT2D eigenvalue weighted by Crippen LogP contribution is -2.45. The number of allylic oxidation sites excluding steroid dienone is 16. The molecule has 0 aromatic heterocycles. The SMILES string of the molecule is CC/C=C\C/C=C\C/C=C\C/C=C\C/C=C\C/C=C\C/C=C\C/C=C\CCCCCCCCC(=O)NC(CO)C(O)CCCCCCCCCCCCCCCCCCCCCCCCCC. The number of aliphatic hydroxyl groups is 2. The maximum Gasteiger partial charge on any atom is 0.220 e. The Balaban J connectivity index is 3.57. The van der Waals surface area contributed by atoms with Gasteiger partial charge in [-0.2, -0.15) is 0 Å². The minimum absolute atomic E-state index is 0.0470. The molecule has 0 radical (unpaired) electrons. The number of hydrogen-bond donors (Lipinski definition) is 3. The maximum absolute atomic E-state index is 12.5. The smallest absolute Gasteiger partial charge is 0.220 e. The molecule has 4 nitrogen and oxygen atoms in total. The highest BCUT2D eigenvalue weighted by atomic mass is 16.3. The summed E-state index contributed by atoms with van der Waals surface area (Å²) >= 11 is 0. The largest absolute Gasteiger partial charge is 0.394 e. The van der Waals surface area contributed by atoms with Gasteiger partial charge in [0.15, 0.2) is 0 Å². The van der Waals surface area contributed by atoms with Crippen LogP contribution in [0, 0.1) is 0 Å². The Morgan fingerprint density at radius 2 is 0.657 bits per heavy atom. The zero-order chi connectivity index (χ0) is 48.5. The van der Waals surface area contributed by atoms with Crippen LogP contribution < -0.4 is 5.32 Å². The van der Waals surface area contributed by atoms with E-state index in [0.717, 1.165) is 89.9 Å². The second-order valence-electron chi connectivity index (χ2n) is 19.3. The Kier molecular flexibility index (Phi) is 55.3. The second-order valence-corrected chi connectivity index (χ2v) is 19.3. The minimum Gasteiger partial charge on any atom is -0.394 e. The Bertz CT molecular complexity index is 1240. The molecule has 386 valence electrons. The zero-order valence-electron chi connectivity index (χ0n) is 44.4. The highest BCUT2D eigenvalue weighted by Crippen LogP contribution is 2.17. The van der Waals surface area contributed by atoms with Crippen LogP contribution in [-0.4, -0.2) is 34.9 Å². The standard InChI is InChI=1S/C63H111NO3/c1-3-5-7-9-11-13-15-17-19-21-23-25-27-29-30-31-32-33-34-35-37-39-41-43-45-47-49-51-53-55-57-59-63(67)64-61(60-65)62(66)58-56-54-52-50-48-46-44-42-40-38-36-28-26-24-22-20-18-16-14-12-10-8-6-4-2/h5,7,11,13,17,19,23,25,29-30,32-33,35,37,41,43,61-62,65-66H,3-4,6,8-10,12,14-16,18,20-22,24,26-28,31,34,36,38-40,42,44-60H2,1-2H3,(H,64,67)/b7-5-,13-11-,19-17-,25-23-,30-29-,33-32-,37-35-,43-41-. The summed E-state index contributed by atoms with van der Waals surface area (Å²) in [6.07, 6.45) is 85.3. The summed E-state index contributed by atoms with van der Waals surface area (Å²) in [5, 5.41) is 23.4. The molecule has 0 fully saturated rings. The second kappa shape index (κ2) is 57.6. The third-order valence-corrected chi connectivity index (χ3v) is 12.9. The summed E-state index contributed by atoms with van der Waals surface area (Å²) in [5.74, 6) is -0.0470. The fourth-order valence-electron chi connectivity index (χ4n) is 8.50. The normalized spacial score (nSPS) is 13.6. The van der Waals surface area contributed by atoms with Crippen molar-refractivity contribution in [2.75, 3.05) is 6.61 Å². The van der Waals surface area contributed by atoms with E-state index in [2.05, 4.69) is 116 Å². The summed E-state index contributed by atoms with van der Waals surface area (Å²) < 4.78 is 0. The fourth-order valence-corrected chi connectivity index (χ4v) is 8.50.